The highest BCUT2D eigenvalue weighted by Gasteiger charge is 2.14. The van der Waals surface area contributed by atoms with E-state index >= 15 is 0 Å². The van der Waals surface area contributed by atoms with Crippen LogP contribution in [0.3, 0.4) is 0 Å². The highest BCUT2D eigenvalue weighted by Crippen LogP contribution is 2.28. The Morgan fingerprint density at radius 3 is 2.45 bits per heavy atom. The number of nitrogens with zero attached hydrogens (tertiary/aromatic N) is 1. The fraction of sp³-hybridized carbons (Fsp3) is 0.0870. The number of carbonyl (C=O) groups is 2. The normalized spacial score (nSPS) is 10.7. The molecule has 1 aromatic heterocycles. The maximum atomic E-state index is 13.1. The average molecular weight is 384 g/mol. The van der Waals surface area contributed by atoms with Crippen LogP contribution in [0.25, 0.3) is 21.7 Å². The molecular formula is C23H20N4O2. The van der Waals surface area contributed by atoms with Crippen LogP contribution in [0.4, 0.5) is 16.2 Å². The molecule has 1 heterocycles. The summed E-state index contributed by atoms with van der Waals surface area (Å²) in [6, 6.07) is 20.4. The summed E-state index contributed by atoms with van der Waals surface area (Å²) >= 11 is 0. The first-order valence-corrected chi connectivity index (χ1v) is 9.38. The first kappa shape index (κ1) is 18.4. The molecular weight excluding hydrogens is 364 g/mol. The van der Waals surface area contributed by atoms with E-state index in [1.54, 1.807) is 30.5 Å². The maximum absolute atomic E-state index is 13.1. The van der Waals surface area contributed by atoms with Gasteiger partial charge < -0.3 is 16.0 Å². The Balaban J connectivity index is 1.67. The predicted octanol–water partition coefficient (Wildman–Crippen LogP) is 4.78. The fourth-order valence-electron chi connectivity index (χ4n) is 3.31. The minimum absolute atomic E-state index is 0.255. The Morgan fingerprint density at radius 1 is 0.862 bits per heavy atom. The number of urea groups is 1. The zero-order chi connectivity index (χ0) is 20.2. The minimum atomic E-state index is -0.291. The van der Waals surface area contributed by atoms with Gasteiger partial charge in [0.2, 0.25) is 0 Å². The molecule has 3 aromatic carbocycles. The van der Waals surface area contributed by atoms with Gasteiger partial charge in [0.1, 0.15) is 0 Å². The van der Waals surface area contributed by atoms with Crippen molar-refractivity contribution < 1.29 is 9.59 Å². The molecule has 0 aliphatic carbocycles. The molecule has 0 unspecified atom stereocenters. The summed E-state index contributed by atoms with van der Waals surface area (Å²) in [7, 11) is 0. The number of pyridine rings is 1. The molecule has 144 valence electrons. The molecule has 0 atom stereocenters. The highest BCUT2D eigenvalue weighted by atomic mass is 16.2. The molecule has 0 fully saturated rings. The number of rotatable bonds is 4. The van der Waals surface area contributed by atoms with Crippen molar-refractivity contribution in [2.45, 2.75) is 6.92 Å². The summed E-state index contributed by atoms with van der Waals surface area (Å²) in [6.45, 7) is 2.38. The van der Waals surface area contributed by atoms with Crippen LogP contribution in [0, 0.1) is 0 Å². The van der Waals surface area contributed by atoms with Crippen molar-refractivity contribution in [3.05, 3.63) is 78.5 Å². The third-order valence-corrected chi connectivity index (χ3v) is 4.57. The molecule has 4 rings (SSSR count). The van der Waals surface area contributed by atoms with E-state index in [9.17, 15) is 9.59 Å². The van der Waals surface area contributed by atoms with Gasteiger partial charge in [0.05, 0.1) is 11.1 Å². The summed E-state index contributed by atoms with van der Waals surface area (Å²) in [4.78, 5) is 29.2. The minimum Gasteiger partial charge on any atom is -0.338 e. The van der Waals surface area contributed by atoms with Gasteiger partial charge in [-0.05, 0) is 48.0 Å². The van der Waals surface area contributed by atoms with Crippen molar-refractivity contribution in [1.29, 1.82) is 0 Å². The lowest BCUT2D eigenvalue weighted by molar-refractivity contribution is 0.102. The lowest BCUT2D eigenvalue weighted by Crippen LogP contribution is -2.28. The van der Waals surface area contributed by atoms with Crippen molar-refractivity contribution in [2.24, 2.45) is 0 Å². The van der Waals surface area contributed by atoms with E-state index in [0.29, 0.717) is 29.0 Å². The molecule has 6 nitrogen and oxygen atoms in total. The summed E-state index contributed by atoms with van der Waals surface area (Å²) < 4.78 is 0. The van der Waals surface area contributed by atoms with E-state index in [0.717, 1.165) is 16.2 Å². The second kappa shape index (κ2) is 7.98. The Morgan fingerprint density at radius 2 is 1.62 bits per heavy atom. The Bertz CT molecular complexity index is 1220. The SMILES string of the molecule is CCNC(=O)Nc1cccc(NC(=O)c2cc3ccccc3c3cccnc23)c1. The number of benzene rings is 3. The Kier molecular flexibility index (Phi) is 5.07. The average Bonchev–Trinajstić information content (AvgIpc) is 2.73. The number of hydrogen-bond acceptors (Lipinski definition) is 3. The molecule has 0 aliphatic heterocycles. The van der Waals surface area contributed by atoms with Gasteiger partial charge in [0.15, 0.2) is 0 Å². The number of nitrogens with one attached hydrogen (secondary N) is 3. The van der Waals surface area contributed by atoms with Crippen molar-refractivity contribution >= 4 is 45.0 Å². The van der Waals surface area contributed by atoms with E-state index < -0.39 is 0 Å². The van der Waals surface area contributed by atoms with Crippen molar-refractivity contribution in [2.75, 3.05) is 17.2 Å². The van der Waals surface area contributed by atoms with E-state index in [-0.39, 0.29) is 11.9 Å². The third kappa shape index (κ3) is 3.87. The van der Waals surface area contributed by atoms with Gasteiger partial charge in [-0.2, -0.15) is 0 Å². The predicted molar refractivity (Wildman–Crippen MR) is 116 cm³/mol. The molecule has 0 bridgehead atoms. The third-order valence-electron chi connectivity index (χ3n) is 4.57. The van der Waals surface area contributed by atoms with Gasteiger partial charge in [-0.15, -0.1) is 0 Å². The van der Waals surface area contributed by atoms with E-state index in [4.69, 9.17) is 0 Å². The number of amides is 3. The monoisotopic (exact) mass is 384 g/mol. The highest BCUT2D eigenvalue weighted by molar-refractivity contribution is 6.18. The molecule has 0 saturated carbocycles. The molecule has 6 heteroatoms. The van der Waals surface area contributed by atoms with Gasteiger partial charge in [0.25, 0.3) is 5.91 Å². The van der Waals surface area contributed by atoms with Crippen molar-refractivity contribution in [1.82, 2.24) is 10.3 Å². The van der Waals surface area contributed by atoms with Crippen molar-refractivity contribution in [3.8, 4) is 0 Å². The molecule has 3 amide bonds. The Hall–Kier alpha value is -3.93. The molecule has 0 spiro atoms. The molecule has 4 aromatic rings. The van der Waals surface area contributed by atoms with Crippen LogP contribution < -0.4 is 16.0 Å². The quantitative estimate of drug-likeness (QED) is 0.443. The molecule has 0 saturated heterocycles. The number of carbonyl (C=O) groups excluding carboxylic acids is 2. The zero-order valence-corrected chi connectivity index (χ0v) is 15.9. The van der Waals surface area contributed by atoms with Gasteiger partial charge in [0, 0.05) is 29.5 Å². The standard InChI is InChI=1S/C23H20N4O2/c1-2-24-23(29)27-17-9-5-8-16(14-17)26-22(28)20-13-15-7-3-4-10-18(15)19-11-6-12-25-21(19)20/h3-14H,2H2,1H3,(H,26,28)(H2,24,27,29). The summed E-state index contributed by atoms with van der Waals surface area (Å²) in [6.07, 6.45) is 1.69. The topological polar surface area (TPSA) is 83.1 Å². The summed E-state index contributed by atoms with van der Waals surface area (Å²) in [5.74, 6) is -0.255. The molecule has 0 aliphatic rings. The van der Waals surface area contributed by atoms with Gasteiger partial charge >= 0.3 is 6.03 Å². The second-order valence-electron chi connectivity index (χ2n) is 6.56. The fourth-order valence-corrected chi connectivity index (χ4v) is 3.31. The number of hydrogen-bond donors (Lipinski definition) is 3. The van der Waals surface area contributed by atoms with Crippen molar-refractivity contribution in [3.63, 3.8) is 0 Å². The van der Waals surface area contributed by atoms with Crippen LogP contribution in [0.15, 0.2) is 72.9 Å². The maximum Gasteiger partial charge on any atom is 0.319 e. The number of aromatic nitrogens is 1. The van der Waals surface area contributed by atoms with E-state index in [1.807, 2.05) is 49.4 Å². The van der Waals surface area contributed by atoms with Crippen LogP contribution in [0.5, 0.6) is 0 Å². The summed E-state index contributed by atoms with van der Waals surface area (Å²) in [5.41, 5.74) is 2.33. The van der Waals surface area contributed by atoms with E-state index in [2.05, 4.69) is 20.9 Å². The van der Waals surface area contributed by atoms with Crippen LogP contribution >= 0.6 is 0 Å². The van der Waals surface area contributed by atoms with Crippen LogP contribution in [-0.2, 0) is 0 Å². The number of anilines is 2. The smallest absolute Gasteiger partial charge is 0.319 e. The number of fused-ring (bicyclic) bond motifs is 3. The van der Waals surface area contributed by atoms with Crippen LogP contribution in [0.1, 0.15) is 17.3 Å². The summed E-state index contributed by atoms with van der Waals surface area (Å²) in [5, 5.41) is 11.3. The van der Waals surface area contributed by atoms with Gasteiger partial charge in [-0.1, -0.05) is 36.4 Å². The molecule has 29 heavy (non-hydrogen) atoms. The van der Waals surface area contributed by atoms with Crippen LogP contribution in [0.2, 0.25) is 0 Å². The van der Waals surface area contributed by atoms with Crippen LogP contribution in [-0.4, -0.2) is 23.5 Å². The second-order valence-corrected chi connectivity index (χ2v) is 6.56. The first-order chi connectivity index (χ1) is 14.2. The molecule has 3 N–H and O–H groups in total. The first-order valence-electron chi connectivity index (χ1n) is 9.38. The lowest BCUT2D eigenvalue weighted by Gasteiger charge is -2.11. The van der Waals surface area contributed by atoms with Gasteiger partial charge in [-0.3, -0.25) is 9.78 Å². The molecule has 0 radical (unpaired) electrons. The zero-order valence-electron chi connectivity index (χ0n) is 15.9. The Labute approximate surface area is 168 Å². The lowest BCUT2D eigenvalue weighted by atomic mass is 10.0. The largest absolute Gasteiger partial charge is 0.338 e. The van der Waals surface area contributed by atoms with E-state index in [1.165, 1.54) is 0 Å². The van der Waals surface area contributed by atoms with Gasteiger partial charge in [-0.25, -0.2) is 4.79 Å².